The number of aromatic nitrogens is 3. The second kappa shape index (κ2) is 5.80. The first-order valence-electron chi connectivity index (χ1n) is 5.80. The van der Waals surface area contributed by atoms with Crippen LogP contribution in [0.25, 0.3) is 11.0 Å². The topological polar surface area (TPSA) is 47.8 Å². The number of alkyl halides is 1. The van der Waals surface area contributed by atoms with E-state index in [0.717, 1.165) is 29.8 Å². The number of aryl methyl sites for hydroxylation is 1. The van der Waals surface area contributed by atoms with E-state index in [2.05, 4.69) is 14.5 Å². The first-order chi connectivity index (χ1) is 8.63. The Balaban J connectivity index is 2.28. The molecule has 0 fully saturated rings. The number of imidazole rings is 1. The molecule has 0 saturated heterocycles. The highest BCUT2D eigenvalue weighted by atomic mass is 35.5. The summed E-state index contributed by atoms with van der Waals surface area (Å²) in [6, 6.07) is 1.94. The van der Waals surface area contributed by atoms with Gasteiger partial charge in [0.15, 0.2) is 0 Å². The van der Waals surface area contributed by atoms with E-state index >= 15 is 0 Å². The van der Waals surface area contributed by atoms with Crippen LogP contribution in [0.15, 0.2) is 18.5 Å². The molecule has 0 spiro atoms. The summed E-state index contributed by atoms with van der Waals surface area (Å²) < 4.78 is 13.5. The summed E-state index contributed by atoms with van der Waals surface area (Å²) in [6.07, 6.45) is 6.08. The minimum absolute atomic E-state index is 0.174. The highest BCUT2D eigenvalue weighted by Gasteiger charge is 2.12. The number of halogens is 1. The average Bonchev–Trinajstić information content (AvgIpc) is 2.73. The molecule has 0 aliphatic rings. The molecule has 2 heterocycles. The van der Waals surface area contributed by atoms with E-state index in [-0.39, 0.29) is 5.25 Å². The highest BCUT2D eigenvalue weighted by molar-refractivity contribution is 7.84. The van der Waals surface area contributed by atoms with Gasteiger partial charge in [-0.25, -0.2) is 4.98 Å². The number of pyridine rings is 1. The Morgan fingerprint density at radius 1 is 1.56 bits per heavy atom. The van der Waals surface area contributed by atoms with E-state index in [0.29, 0.717) is 5.88 Å². The Morgan fingerprint density at radius 3 is 3.00 bits per heavy atom. The van der Waals surface area contributed by atoms with Gasteiger partial charge in [-0.2, -0.15) is 0 Å². The summed E-state index contributed by atoms with van der Waals surface area (Å²) in [6.45, 7) is 2.78. The van der Waals surface area contributed by atoms with Crippen molar-refractivity contribution in [1.29, 1.82) is 0 Å². The van der Waals surface area contributed by atoms with Crippen LogP contribution in [0.4, 0.5) is 0 Å². The zero-order valence-electron chi connectivity index (χ0n) is 10.5. The summed E-state index contributed by atoms with van der Waals surface area (Å²) in [4.78, 5) is 8.50. The van der Waals surface area contributed by atoms with Gasteiger partial charge >= 0.3 is 0 Å². The number of nitrogens with zero attached hydrogens (tertiary/aromatic N) is 3. The van der Waals surface area contributed by atoms with Crippen LogP contribution < -0.4 is 0 Å². The van der Waals surface area contributed by atoms with Crippen molar-refractivity contribution in [2.24, 2.45) is 0 Å². The third-order valence-corrected chi connectivity index (χ3v) is 4.68. The smallest absolute Gasteiger partial charge is 0.124 e. The van der Waals surface area contributed by atoms with Crippen LogP contribution in [-0.2, 0) is 23.2 Å². The van der Waals surface area contributed by atoms with Gasteiger partial charge in [0, 0.05) is 35.0 Å². The summed E-state index contributed by atoms with van der Waals surface area (Å²) in [7, 11) is -0.793. The predicted octanol–water partition coefficient (Wildman–Crippen LogP) is 2.33. The molecular weight excluding hydrogens is 270 g/mol. The molecule has 0 amide bonds. The molecule has 2 aromatic heterocycles. The second-order valence-electron chi connectivity index (χ2n) is 4.28. The van der Waals surface area contributed by atoms with Crippen molar-refractivity contribution in [3.05, 3.63) is 24.3 Å². The van der Waals surface area contributed by atoms with Gasteiger partial charge in [0.05, 0.1) is 17.6 Å². The van der Waals surface area contributed by atoms with Crippen LogP contribution in [0.1, 0.15) is 19.2 Å². The van der Waals surface area contributed by atoms with Crippen LogP contribution >= 0.6 is 11.6 Å². The fourth-order valence-corrected chi connectivity index (χ4v) is 2.50. The molecule has 6 heteroatoms. The van der Waals surface area contributed by atoms with Crippen molar-refractivity contribution >= 4 is 33.4 Å². The Morgan fingerprint density at radius 2 is 2.33 bits per heavy atom. The van der Waals surface area contributed by atoms with Crippen LogP contribution in [-0.4, -0.2) is 30.2 Å². The van der Waals surface area contributed by atoms with Gasteiger partial charge < -0.3 is 4.57 Å². The molecule has 0 N–H and O–H groups in total. The second-order valence-corrected chi connectivity index (χ2v) is 6.34. The molecule has 0 aliphatic carbocycles. The maximum Gasteiger partial charge on any atom is 0.124 e. The predicted molar refractivity (Wildman–Crippen MR) is 75.2 cm³/mol. The first kappa shape index (κ1) is 13.5. The average molecular weight is 286 g/mol. The molecule has 0 aromatic carbocycles. The van der Waals surface area contributed by atoms with E-state index in [1.807, 2.05) is 13.0 Å². The number of hydrogen-bond acceptors (Lipinski definition) is 3. The van der Waals surface area contributed by atoms with Crippen molar-refractivity contribution in [3.8, 4) is 0 Å². The van der Waals surface area contributed by atoms with Gasteiger partial charge in [-0.05, 0) is 12.5 Å². The minimum atomic E-state index is -0.793. The van der Waals surface area contributed by atoms with E-state index in [1.54, 1.807) is 18.6 Å². The van der Waals surface area contributed by atoms with Gasteiger partial charge in [-0.15, -0.1) is 11.6 Å². The number of hydrogen-bond donors (Lipinski definition) is 0. The van der Waals surface area contributed by atoms with E-state index in [1.165, 1.54) is 0 Å². The molecule has 4 nitrogen and oxygen atoms in total. The molecule has 0 saturated carbocycles. The molecule has 2 atom stereocenters. The molecule has 2 aromatic rings. The molecular formula is C12H16ClN3OS. The highest BCUT2D eigenvalue weighted by Crippen LogP contribution is 2.17. The summed E-state index contributed by atoms with van der Waals surface area (Å²) in [5.74, 6) is 1.21. The van der Waals surface area contributed by atoms with Gasteiger partial charge in [0.2, 0.25) is 0 Å². The zero-order valence-corrected chi connectivity index (χ0v) is 12.0. The lowest BCUT2D eigenvalue weighted by Gasteiger charge is -2.11. The van der Waals surface area contributed by atoms with E-state index in [4.69, 9.17) is 11.6 Å². The molecule has 0 radical (unpaired) electrons. The molecule has 2 rings (SSSR count). The quantitative estimate of drug-likeness (QED) is 0.792. The van der Waals surface area contributed by atoms with Crippen LogP contribution in [0, 0.1) is 0 Å². The first-order valence-corrected chi connectivity index (χ1v) is 7.96. The monoisotopic (exact) mass is 285 g/mol. The Kier molecular flexibility index (Phi) is 4.35. The van der Waals surface area contributed by atoms with Crippen molar-refractivity contribution in [2.75, 3.05) is 6.26 Å². The van der Waals surface area contributed by atoms with Crippen LogP contribution in [0.2, 0.25) is 0 Å². The third kappa shape index (κ3) is 2.72. The molecule has 98 valence electrons. The Labute approximate surface area is 114 Å². The molecule has 2 unspecified atom stereocenters. The van der Waals surface area contributed by atoms with Crippen molar-refractivity contribution in [1.82, 2.24) is 14.5 Å². The molecule has 0 bridgehead atoms. The maximum absolute atomic E-state index is 11.4. The number of fused-ring (bicyclic) bond motifs is 1. The lowest BCUT2D eigenvalue weighted by molar-refractivity contribution is 0.617. The van der Waals surface area contributed by atoms with Gasteiger partial charge in [0.25, 0.3) is 0 Å². The van der Waals surface area contributed by atoms with Crippen LogP contribution in [0.3, 0.4) is 0 Å². The van der Waals surface area contributed by atoms with Crippen molar-refractivity contribution in [2.45, 2.75) is 31.0 Å². The normalized spacial score (nSPS) is 14.8. The van der Waals surface area contributed by atoms with Gasteiger partial charge in [0.1, 0.15) is 11.3 Å². The van der Waals surface area contributed by atoms with Crippen molar-refractivity contribution < 1.29 is 4.21 Å². The lowest BCUT2D eigenvalue weighted by Crippen LogP contribution is -2.13. The lowest BCUT2D eigenvalue weighted by atomic mass is 10.3. The SMILES string of the molecule is CC(CCn1c(CCl)nc2cnccc21)S(C)=O. The largest absolute Gasteiger partial charge is 0.327 e. The van der Waals surface area contributed by atoms with E-state index in [9.17, 15) is 4.21 Å². The summed E-state index contributed by atoms with van der Waals surface area (Å²) in [5.41, 5.74) is 1.90. The summed E-state index contributed by atoms with van der Waals surface area (Å²) >= 11 is 5.92. The molecule has 18 heavy (non-hydrogen) atoms. The third-order valence-electron chi connectivity index (χ3n) is 3.07. The van der Waals surface area contributed by atoms with Gasteiger partial charge in [-0.1, -0.05) is 6.92 Å². The van der Waals surface area contributed by atoms with Crippen molar-refractivity contribution in [3.63, 3.8) is 0 Å². The standard InChI is InChI=1S/C12H16ClN3OS/c1-9(18(2)17)4-6-16-11-3-5-14-8-10(11)15-12(16)7-13/h3,5,8-9H,4,6-7H2,1-2H3. The minimum Gasteiger partial charge on any atom is -0.327 e. The molecule has 0 aliphatic heterocycles. The fraction of sp³-hybridized carbons (Fsp3) is 0.500. The number of rotatable bonds is 5. The Bertz CT molecular complexity index is 569. The van der Waals surface area contributed by atoms with Crippen LogP contribution in [0.5, 0.6) is 0 Å². The zero-order chi connectivity index (χ0) is 13.1. The Hall–Kier alpha value is -0.940. The van der Waals surface area contributed by atoms with Gasteiger partial charge in [-0.3, -0.25) is 9.19 Å². The fourth-order valence-electron chi connectivity index (χ4n) is 1.86. The summed E-state index contributed by atoms with van der Waals surface area (Å²) in [5, 5.41) is 0.174. The maximum atomic E-state index is 11.4. The van der Waals surface area contributed by atoms with E-state index < -0.39 is 10.8 Å².